The van der Waals surface area contributed by atoms with E-state index in [-0.39, 0.29) is 12.1 Å². The molecule has 0 aliphatic carbocycles. The first-order valence-corrected chi connectivity index (χ1v) is 5.56. The molecule has 2 atom stereocenters. The molecule has 0 spiro atoms. The van der Waals surface area contributed by atoms with Crippen LogP contribution in [0, 0.1) is 5.92 Å². The molecule has 94 valence electrons. The molecule has 16 heavy (non-hydrogen) atoms. The van der Waals surface area contributed by atoms with Gasteiger partial charge in [0.25, 0.3) is 0 Å². The molecular formula is C12H22O4. The van der Waals surface area contributed by atoms with Gasteiger partial charge in [-0.05, 0) is 37.7 Å². The lowest BCUT2D eigenvalue weighted by molar-refractivity contribution is -0.270. The van der Waals surface area contributed by atoms with Crippen molar-refractivity contribution in [1.82, 2.24) is 0 Å². The lowest BCUT2D eigenvalue weighted by Crippen LogP contribution is -2.14. The molecule has 0 fully saturated rings. The van der Waals surface area contributed by atoms with Gasteiger partial charge < -0.3 is 4.74 Å². The summed E-state index contributed by atoms with van der Waals surface area (Å²) in [4.78, 5) is 14.9. The second-order valence-corrected chi connectivity index (χ2v) is 4.25. The molecule has 4 heteroatoms. The molecule has 0 bridgehead atoms. The van der Waals surface area contributed by atoms with Crippen molar-refractivity contribution in [2.45, 2.75) is 46.1 Å². The molecule has 0 unspecified atom stereocenters. The van der Waals surface area contributed by atoms with Crippen LogP contribution in [0.15, 0.2) is 12.2 Å². The van der Waals surface area contributed by atoms with Crippen molar-refractivity contribution in [3.8, 4) is 0 Å². The molecule has 0 aromatic rings. The highest BCUT2D eigenvalue weighted by molar-refractivity contribution is 5.65. The molecule has 0 aromatic heterocycles. The van der Waals surface area contributed by atoms with Gasteiger partial charge in [0, 0.05) is 6.92 Å². The summed E-state index contributed by atoms with van der Waals surface area (Å²) < 4.78 is 4.86. The first-order chi connectivity index (χ1) is 7.47. The van der Waals surface area contributed by atoms with E-state index >= 15 is 0 Å². The number of rotatable bonds is 8. The number of carbonyl (C=O) groups excluding carboxylic acids is 1. The Morgan fingerprint density at radius 1 is 1.31 bits per heavy atom. The monoisotopic (exact) mass is 230 g/mol. The van der Waals surface area contributed by atoms with Crippen molar-refractivity contribution in [3.63, 3.8) is 0 Å². The molecule has 0 heterocycles. The van der Waals surface area contributed by atoms with Crippen LogP contribution in [0.1, 0.15) is 40.0 Å². The van der Waals surface area contributed by atoms with Crippen LogP contribution < -0.4 is 0 Å². The molecule has 0 rings (SSSR count). The molecule has 0 saturated carbocycles. The summed E-state index contributed by atoms with van der Waals surface area (Å²) in [6.45, 7) is 9.50. The Labute approximate surface area is 97.2 Å². The van der Waals surface area contributed by atoms with Crippen LogP contribution >= 0.6 is 0 Å². The molecule has 0 aliphatic rings. The summed E-state index contributed by atoms with van der Waals surface area (Å²) >= 11 is 0. The van der Waals surface area contributed by atoms with Gasteiger partial charge in [0.05, 0.1) is 6.61 Å². The second kappa shape index (κ2) is 8.30. The Balaban J connectivity index is 3.67. The van der Waals surface area contributed by atoms with Crippen LogP contribution in [0.4, 0.5) is 0 Å². The van der Waals surface area contributed by atoms with E-state index in [4.69, 9.17) is 9.99 Å². The van der Waals surface area contributed by atoms with Crippen molar-refractivity contribution in [1.29, 1.82) is 0 Å². The fraction of sp³-hybridized carbons (Fsp3) is 0.750. The van der Waals surface area contributed by atoms with E-state index in [1.807, 2.05) is 6.92 Å². The quantitative estimate of drug-likeness (QED) is 0.301. The zero-order valence-corrected chi connectivity index (χ0v) is 10.4. The van der Waals surface area contributed by atoms with E-state index in [1.165, 1.54) is 6.92 Å². The van der Waals surface area contributed by atoms with Crippen LogP contribution in [0.25, 0.3) is 0 Å². The van der Waals surface area contributed by atoms with Crippen molar-refractivity contribution >= 4 is 5.97 Å². The number of hydrogen-bond acceptors (Lipinski definition) is 4. The molecule has 0 aliphatic heterocycles. The summed E-state index contributed by atoms with van der Waals surface area (Å²) in [5, 5.41) is 8.63. The maximum atomic E-state index is 10.5. The second-order valence-electron chi connectivity index (χ2n) is 4.25. The average Bonchev–Trinajstić information content (AvgIpc) is 2.17. The Hall–Kier alpha value is -0.870. The van der Waals surface area contributed by atoms with E-state index in [0.29, 0.717) is 12.5 Å². The van der Waals surface area contributed by atoms with Crippen LogP contribution in [0.3, 0.4) is 0 Å². The lowest BCUT2D eigenvalue weighted by atomic mass is 9.98. The van der Waals surface area contributed by atoms with Crippen molar-refractivity contribution < 1.29 is 19.7 Å². The molecule has 0 saturated heterocycles. The standard InChI is InChI=1S/C12H22O4/c1-9(2)12(16-14)6-5-10(3)7-8-15-11(4)13/h10,12,14H,1,5-8H2,2-4H3/t10-,12+/m0/s1. The molecule has 4 nitrogen and oxygen atoms in total. The van der Waals surface area contributed by atoms with Crippen LogP contribution in [-0.4, -0.2) is 23.9 Å². The van der Waals surface area contributed by atoms with E-state index in [2.05, 4.69) is 18.4 Å². The first kappa shape index (κ1) is 15.1. The van der Waals surface area contributed by atoms with Crippen molar-refractivity contribution in [2.75, 3.05) is 6.61 Å². The third-order valence-corrected chi connectivity index (χ3v) is 2.51. The molecular weight excluding hydrogens is 208 g/mol. The minimum Gasteiger partial charge on any atom is -0.466 e. The Morgan fingerprint density at radius 2 is 1.94 bits per heavy atom. The van der Waals surface area contributed by atoms with Gasteiger partial charge in [-0.1, -0.05) is 13.5 Å². The first-order valence-electron chi connectivity index (χ1n) is 5.56. The molecule has 1 N–H and O–H groups in total. The summed E-state index contributed by atoms with van der Waals surface area (Å²) in [7, 11) is 0. The molecule has 0 radical (unpaired) electrons. The minimum atomic E-state index is -0.295. The van der Waals surface area contributed by atoms with Gasteiger partial charge in [0.2, 0.25) is 0 Å². The topological polar surface area (TPSA) is 55.8 Å². The maximum Gasteiger partial charge on any atom is 0.302 e. The van der Waals surface area contributed by atoms with Gasteiger partial charge in [0.1, 0.15) is 6.10 Å². The van der Waals surface area contributed by atoms with Gasteiger partial charge in [-0.3, -0.25) is 10.1 Å². The predicted molar refractivity (Wildman–Crippen MR) is 62.0 cm³/mol. The van der Waals surface area contributed by atoms with Gasteiger partial charge >= 0.3 is 5.97 Å². The SMILES string of the molecule is C=C(C)[C@@H](CC[C@H](C)CCOC(C)=O)OO. The average molecular weight is 230 g/mol. The summed E-state index contributed by atoms with van der Waals surface area (Å²) in [6.07, 6.45) is 2.16. The van der Waals surface area contributed by atoms with Crippen molar-refractivity contribution in [2.24, 2.45) is 5.92 Å². The van der Waals surface area contributed by atoms with E-state index in [9.17, 15) is 4.79 Å². The highest BCUT2D eigenvalue weighted by atomic mass is 17.1. The van der Waals surface area contributed by atoms with Gasteiger partial charge in [-0.25, -0.2) is 4.89 Å². The summed E-state index contributed by atoms with van der Waals surface area (Å²) in [5.74, 6) is 0.182. The number of esters is 1. The molecule has 0 amide bonds. The van der Waals surface area contributed by atoms with Crippen LogP contribution in [0.5, 0.6) is 0 Å². The van der Waals surface area contributed by atoms with Gasteiger partial charge in [-0.2, -0.15) is 0 Å². The van der Waals surface area contributed by atoms with E-state index < -0.39 is 0 Å². The largest absolute Gasteiger partial charge is 0.466 e. The van der Waals surface area contributed by atoms with E-state index in [1.54, 1.807) is 0 Å². The number of carbonyl (C=O) groups is 1. The Kier molecular flexibility index (Phi) is 7.85. The predicted octanol–water partition coefficient (Wildman–Crippen LogP) is 2.79. The Morgan fingerprint density at radius 3 is 2.38 bits per heavy atom. The number of ether oxygens (including phenoxy) is 1. The highest BCUT2D eigenvalue weighted by Gasteiger charge is 2.12. The third kappa shape index (κ3) is 7.43. The fourth-order valence-corrected chi connectivity index (χ4v) is 1.37. The third-order valence-electron chi connectivity index (χ3n) is 2.51. The lowest BCUT2D eigenvalue weighted by Gasteiger charge is -2.16. The Bertz CT molecular complexity index is 225. The van der Waals surface area contributed by atoms with Crippen LogP contribution in [0.2, 0.25) is 0 Å². The molecule has 0 aromatic carbocycles. The normalized spacial score (nSPS) is 14.2. The minimum absolute atomic E-state index is 0.245. The zero-order valence-electron chi connectivity index (χ0n) is 10.4. The fourth-order valence-electron chi connectivity index (χ4n) is 1.37. The summed E-state index contributed by atoms with van der Waals surface area (Å²) in [5.41, 5.74) is 0.815. The summed E-state index contributed by atoms with van der Waals surface area (Å²) in [6, 6.07) is 0. The number of hydrogen-bond donors (Lipinski definition) is 1. The smallest absolute Gasteiger partial charge is 0.302 e. The van der Waals surface area contributed by atoms with Gasteiger partial charge in [0.15, 0.2) is 0 Å². The maximum absolute atomic E-state index is 10.5. The van der Waals surface area contributed by atoms with Crippen molar-refractivity contribution in [3.05, 3.63) is 12.2 Å². The highest BCUT2D eigenvalue weighted by Crippen LogP contribution is 2.16. The van der Waals surface area contributed by atoms with Gasteiger partial charge in [-0.15, -0.1) is 0 Å². The zero-order chi connectivity index (χ0) is 12.6. The van der Waals surface area contributed by atoms with Crippen LogP contribution in [-0.2, 0) is 14.4 Å². The van der Waals surface area contributed by atoms with E-state index in [0.717, 1.165) is 24.8 Å².